The molecule has 0 saturated carbocycles. The van der Waals surface area contributed by atoms with Crippen LogP contribution in [-0.2, 0) is 4.79 Å². The predicted octanol–water partition coefficient (Wildman–Crippen LogP) is 1.87. The first kappa shape index (κ1) is 17.7. The molecular weight excluding hydrogens is 310 g/mol. The summed E-state index contributed by atoms with van der Waals surface area (Å²) in [4.78, 5) is 40.1. The van der Waals surface area contributed by atoms with Gasteiger partial charge in [0.1, 0.15) is 0 Å². The standard InChI is InChI=1S/C17H21N3O4/c1-11-6-9-24-16(11)15(22)13(10-18)14(21)12-4-7-20(8-5-12)17(23)19(2)3/h6,9,12-13H,4-5,7-8H2,1-3H3. The minimum absolute atomic E-state index is 0.0649. The van der Waals surface area contributed by atoms with Gasteiger partial charge in [-0.3, -0.25) is 9.59 Å². The van der Waals surface area contributed by atoms with Crippen LogP contribution in [0.4, 0.5) is 4.79 Å². The fraction of sp³-hybridized carbons (Fsp3) is 0.529. The van der Waals surface area contributed by atoms with Gasteiger partial charge >= 0.3 is 6.03 Å². The van der Waals surface area contributed by atoms with Crippen molar-refractivity contribution in [1.82, 2.24) is 9.80 Å². The van der Waals surface area contributed by atoms with Crippen LogP contribution in [0.5, 0.6) is 0 Å². The average Bonchev–Trinajstić information content (AvgIpc) is 3.00. The van der Waals surface area contributed by atoms with Gasteiger partial charge in [-0.15, -0.1) is 0 Å². The Morgan fingerprint density at radius 3 is 2.42 bits per heavy atom. The number of hydrogen-bond acceptors (Lipinski definition) is 5. The van der Waals surface area contributed by atoms with E-state index in [9.17, 15) is 19.6 Å². The van der Waals surface area contributed by atoms with Gasteiger partial charge in [-0.1, -0.05) is 0 Å². The van der Waals surface area contributed by atoms with Crippen LogP contribution in [0.3, 0.4) is 0 Å². The fourth-order valence-corrected chi connectivity index (χ4v) is 2.88. The summed E-state index contributed by atoms with van der Waals surface area (Å²) in [6.07, 6.45) is 2.29. The van der Waals surface area contributed by atoms with Crippen LogP contribution in [-0.4, -0.2) is 54.6 Å². The molecule has 1 fully saturated rings. The highest BCUT2D eigenvalue weighted by Gasteiger charge is 2.37. The maximum absolute atomic E-state index is 12.6. The lowest BCUT2D eigenvalue weighted by molar-refractivity contribution is -0.125. The van der Waals surface area contributed by atoms with E-state index in [0.29, 0.717) is 31.5 Å². The quantitative estimate of drug-likeness (QED) is 0.620. The molecule has 1 aliphatic rings. The molecular formula is C17H21N3O4. The van der Waals surface area contributed by atoms with Crippen molar-refractivity contribution in [3.8, 4) is 6.07 Å². The second kappa shape index (κ2) is 7.30. The predicted molar refractivity (Wildman–Crippen MR) is 85.3 cm³/mol. The van der Waals surface area contributed by atoms with Crippen molar-refractivity contribution in [2.75, 3.05) is 27.2 Å². The normalized spacial score (nSPS) is 16.3. The van der Waals surface area contributed by atoms with Crippen LogP contribution in [0.25, 0.3) is 0 Å². The Morgan fingerprint density at radius 2 is 1.96 bits per heavy atom. The molecule has 0 spiro atoms. The topological polar surface area (TPSA) is 94.6 Å². The van der Waals surface area contributed by atoms with Crippen LogP contribution in [0, 0.1) is 30.1 Å². The summed E-state index contributed by atoms with van der Waals surface area (Å²) in [6, 6.07) is 3.34. The molecule has 7 heteroatoms. The lowest BCUT2D eigenvalue weighted by atomic mass is 9.83. The molecule has 2 rings (SSSR count). The van der Waals surface area contributed by atoms with E-state index in [1.165, 1.54) is 11.2 Å². The second-order valence-electron chi connectivity index (χ2n) is 6.20. The first-order valence-electron chi connectivity index (χ1n) is 7.84. The first-order valence-corrected chi connectivity index (χ1v) is 7.84. The molecule has 128 valence electrons. The van der Waals surface area contributed by atoms with Gasteiger partial charge in [0.2, 0.25) is 5.78 Å². The van der Waals surface area contributed by atoms with E-state index in [0.717, 1.165) is 0 Å². The number of aryl methyl sites for hydroxylation is 1. The van der Waals surface area contributed by atoms with E-state index < -0.39 is 11.7 Å². The number of rotatable bonds is 4. The Balaban J connectivity index is 2.03. The third-order valence-corrected chi connectivity index (χ3v) is 4.31. The van der Waals surface area contributed by atoms with E-state index in [1.54, 1.807) is 32.0 Å². The third-order valence-electron chi connectivity index (χ3n) is 4.31. The number of Topliss-reactive ketones (excluding diaryl/α,β-unsaturated/α-hetero) is 2. The molecule has 1 atom stereocenters. The number of furan rings is 1. The summed E-state index contributed by atoms with van der Waals surface area (Å²) in [5.74, 6) is -2.64. The molecule has 1 unspecified atom stereocenters. The molecule has 1 aromatic rings. The molecule has 2 heterocycles. The van der Waals surface area contributed by atoms with E-state index >= 15 is 0 Å². The maximum Gasteiger partial charge on any atom is 0.319 e. The third kappa shape index (κ3) is 3.48. The van der Waals surface area contributed by atoms with Gasteiger partial charge in [-0.05, 0) is 31.4 Å². The molecule has 1 aromatic heterocycles. The van der Waals surface area contributed by atoms with Crippen molar-refractivity contribution in [3.05, 3.63) is 23.7 Å². The zero-order valence-electron chi connectivity index (χ0n) is 14.1. The summed E-state index contributed by atoms with van der Waals surface area (Å²) in [5.41, 5.74) is 0.611. The van der Waals surface area contributed by atoms with Gasteiger partial charge < -0.3 is 14.2 Å². The van der Waals surface area contributed by atoms with Gasteiger partial charge in [0.15, 0.2) is 17.5 Å². The minimum Gasteiger partial charge on any atom is -0.461 e. The number of piperidine rings is 1. The number of nitrogens with zero attached hydrogens (tertiary/aromatic N) is 3. The SMILES string of the molecule is Cc1ccoc1C(=O)C(C#N)C(=O)C1CCN(C(=O)N(C)C)CC1. The van der Waals surface area contributed by atoms with Gasteiger partial charge in [0.25, 0.3) is 0 Å². The molecule has 0 aliphatic carbocycles. The Bertz CT molecular complexity index is 678. The van der Waals surface area contributed by atoms with Gasteiger partial charge in [0.05, 0.1) is 12.3 Å². The van der Waals surface area contributed by atoms with Crippen molar-refractivity contribution in [2.45, 2.75) is 19.8 Å². The number of hydrogen-bond donors (Lipinski definition) is 0. The van der Waals surface area contributed by atoms with Crippen molar-refractivity contribution in [2.24, 2.45) is 11.8 Å². The van der Waals surface area contributed by atoms with Gasteiger partial charge in [-0.25, -0.2) is 4.79 Å². The summed E-state index contributed by atoms with van der Waals surface area (Å²) in [5, 5.41) is 9.30. The van der Waals surface area contributed by atoms with Gasteiger partial charge in [-0.2, -0.15) is 5.26 Å². The molecule has 7 nitrogen and oxygen atoms in total. The summed E-state index contributed by atoms with van der Waals surface area (Å²) >= 11 is 0. The number of nitriles is 1. The highest BCUT2D eigenvalue weighted by molar-refractivity contribution is 6.12. The monoisotopic (exact) mass is 331 g/mol. The van der Waals surface area contributed by atoms with Crippen LogP contribution in [0.15, 0.2) is 16.7 Å². The largest absolute Gasteiger partial charge is 0.461 e. The summed E-state index contributed by atoms with van der Waals surface area (Å²) < 4.78 is 5.11. The fourth-order valence-electron chi connectivity index (χ4n) is 2.88. The van der Waals surface area contributed by atoms with Crippen molar-refractivity contribution in [1.29, 1.82) is 5.26 Å². The minimum atomic E-state index is -1.35. The number of amides is 2. The second-order valence-corrected chi connectivity index (χ2v) is 6.20. The molecule has 0 radical (unpaired) electrons. The molecule has 24 heavy (non-hydrogen) atoms. The average molecular weight is 331 g/mol. The summed E-state index contributed by atoms with van der Waals surface area (Å²) in [6.45, 7) is 2.58. The number of ketones is 2. The van der Waals surface area contributed by atoms with Crippen LogP contribution >= 0.6 is 0 Å². The molecule has 0 bridgehead atoms. The molecule has 2 amide bonds. The van der Waals surface area contributed by atoms with Crippen LogP contribution in [0.1, 0.15) is 29.0 Å². The van der Waals surface area contributed by atoms with Crippen molar-refractivity contribution in [3.63, 3.8) is 0 Å². The zero-order chi connectivity index (χ0) is 17.9. The Hall–Kier alpha value is -2.62. The Labute approximate surface area is 140 Å². The summed E-state index contributed by atoms with van der Waals surface area (Å²) in [7, 11) is 3.35. The molecule has 1 aliphatic heterocycles. The van der Waals surface area contributed by atoms with Crippen LogP contribution < -0.4 is 0 Å². The lowest BCUT2D eigenvalue weighted by Crippen LogP contribution is -2.45. The number of urea groups is 1. The highest BCUT2D eigenvalue weighted by Crippen LogP contribution is 2.24. The molecule has 0 aromatic carbocycles. The van der Waals surface area contributed by atoms with Crippen LogP contribution in [0.2, 0.25) is 0 Å². The van der Waals surface area contributed by atoms with Gasteiger partial charge in [0, 0.05) is 33.1 Å². The smallest absolute Gasteiger partial charge is 0.319 e. The first-order chi connectivity index (χ1) is 11.4. The zero-order valence-corrected chi connectivity index (χ0v) is 14.1. The highest BCUT2D eigenvalue weighted by atomic mass is 16.3. The Kier molecular flexibility index (Phi) is 5.39. The molecule has 0 N–H and O–H groups in total. The van der Waals surface area contributed by atoms with Crippen molar-refractivity contribution >= 4 is 17.6 Å². The Morgan fingerprint density at radius 1 is 1.33 bits per heavy atom. The van der Waals surface area contributed by atoms with E-state index in [1.807, 2.05) is 6.07 Å². The molecule has 1 saturated heterocycles. The number of carbonyl (C=O) groups excluding carboxylic acids is 3. The number of likely N-dealkylation sites (tertiary alicyclic amines) is 1. The number of carbonyl (C=O) groups is 3. The van der Waals surface area contributed by atoms with E-state index in [-0.39, 0.29) is 23.5 Å². The lowest BCUT2D eigenvalue weighted by Gasteiger charge is -2.33. The maximum atomic E-state index is 12.6. The van der Waals surface area contributed by atoms with Crippen molar-refractivity contribution < 1.29 is 18.8 Å². The van der Waals surface area contributed by atoms with E-state index in [4.69, 9.17) is 4.42 Å². The van der Waals surface area contributed by atoms with E-state index in [2.05, 4.69) is 0 Å².